The maximum Gasteiger partial charge on any atom is 0.435 e. The summed E-state index contributed by atoms with van der Waals surface area (Å²) in [7, 11) is 0. The molecule has 5 heteroatoms. The Morgan fingerprint density at radius 2 is 2.17 bits per heavy atom. The number of benzene rings is 1. The van der Waals surface area contributed by atoms with Gasteiger partial charge in [0.05, 0.1) is 18.3 Å². The van der Waals surface area contributed by atoms with Crippen molar-refractivity contribution in [3.8, 4) is 0 Å². The van der Waals surface area contributed by atoms with Crippen LogP contribution >= 0.6 is 0 Å². The van der Waals surface area contributed by atoms with E-state index in [4.69, 9.17) is 11.3 Å². The number of carbonyl (C=O) groups excluding carboxylic acids is 1. The summed E-state index contributed by atoms with van der Waals surface area (Å²) >= 11 is 0. The zero-order valence-electron chi connectivity index (χ0n) is 10.5. The fraction of sp³-hybridized carbons (Fsp3) is 0.308. The van der Waals surface area contributed by atoms with Crippen molar-refractivity contribution in [2.75, 3.05) is 0 Å². The number of nitrogens with zero attached hydrogens (tertiary/aromatic N) is 3. The smallest absolute Gasteiger partial charge is 0.435 e. The van der Waals surface area contributed by atoms with Gasteiger partial charge in [0.25, 0.3) is 0 Å². The van der Waals surface area contributed by atoms with Crippen molar-refractivity contribution in [1.29, 1.82) is 0 Å². The van der Waals surface area contributed by atoms with Gasteiger partial charge in [-0.25, -0.2) is 9.64 Å². The third kappa shape index (κ3) is 2.33. The van der Waals surface area contributed by atoms with E-state index in [0.717, 1.165) is 5.39 Å². The number of rotatable bonds is 0. The average molecular weight is 243 g/mol. The highest BCUT2D eigenvalue weighted by Crippen LogP contribution is 2.21. The number of carbonyl (C=O) groups is 1. The molecule has 0 saturated carbocycles. The summed E-state index contributed by atoms with van der Waals surface area (Å²) in [5, 5.41) is 4.79. The van der Waals surface area contributed by atoms with Gasteiger partial charge >= 0.3 is 6.09 Å². The van der Waals surface area contributed by atoms with Gasteiger partial charge in [0.15, 0.2) is 5.69 Å². The summed E-state index contributed by atoms with van der Waals surface area (Å²) in [6.07, 6.45) is 1.03. The zero-order chi connectivity index (χ0) is 13.3. The number of aromatic nitrogens is 2. The van der Waals surface area contributed by atoms with E-state index in [1.807, 2.05) is 0 Å². The Labute approximate surface area is 105 Å². The second-order valence-electron chi connectivity index (χ2n) is 4.89. The fourth-order valence-electron chi connectivity index (χ4n) is 1.53. The standard InChI is InChI=1S/C13H13N3O2/c1-13(2,3)18-12(17)16-11-7-10(14-4)6-5-9(11)8-15-16/h5-8H,1-3H3. The van der Waals surface area contributed by atoms with E-state index in [0.29, 0.717) is 11.2 Å². The fourth-order valence-corrected chi connectivity index (χ4v) is 1.53. The third-order valence-electron chi connectivity index (χ3n) is 2.25. The summed E-state index contributed by atoms with van der Waals surface area (Å²) in [6.45, 7) is 12.4. The minimum Gasteiger partial charge on any atom is -0.442 e. The number of fused-ring (bicyclic) bond motifs is 1. The second kappa shape index (κ2) is 4.15. The molecule has 0 aliphatic rings. The molecule has 0 unspecified atom stereocenters. The third-order valence-corrected chi connectivity index (χ3v) is 2.25. The van der Waals surface area contributed by atoms with Crippen LogP contribution in [0.2, 0.25) is 0 Å². The molecule has 1 aromatic heterocycles. The normalized spacial score (nSPS) is 11.2. The van der Waals surface area contributed by atoms with Gasteiger partial charge in [-0.1, -0.05) is 12.1 Å². The van der Waals surface area contributed by atoms with Gasteiger partial charge in [-0.15, -0.1) is 0 Å². The van der Waals surface area contributed by atoms with Gasteiger partial charge < -0.3 is 4.74 Å². The molecule has 18 heavy (non-hydrogen) atoms. The van der Waals surface area contributed by atoms with Crippen LogP contribution in [0.5, 0.6) is 0 Å². The van der Waals surface area contributed by atoms with Crippen LogP contribution in [0.25, 0.3) is 15.7 Å². The van der Waals surface area contributed by atoms with Crippen LogP contribution in [0, 0.1) is 6.57 Å². The molecular weight excluding hydrogens is 230 g/mol. The first-order chi connectivity index (χ1) is 8.40. The van der Waals surface area contributed by atoms with E-state index in [2.05, 4.69) is 9.94 Å². The molecule has 92 valence electrons. The molecule has 0 spiro atoms. The molecule has 2 aromatic rings. The highest BCUT2D eigenvalue weighted by atomic mass is 16.6. The SMILES string of the molecule is [C-]#[N+]c1ccc2cnn(C(=O)OC(C)(C)C)c2c1. The van der Waals surface area contributed by atoms with Crippen LogP contribution in [0.4, 0.5) is 10.5 Å². The Morgan fingerprint density at radius 1 is 1.44 bits per heavy atom. The first kappa shape index (κ1) is 12.1. The van der Waals surface area contributed by atoms with Crippen molar-refractivity contribution < 1.29 is 9.53 Å². The summed E-state index contributed by atoms with van der Waals surface area (Å²) < 4.78 is 6.42. The molecule has 0 amide bonds. The molecule has 0 saturated heterocycles. The summed E-state index contributed by atoms with van der Waals surface area (Å²) in [5.74, 6) is 0. The Morgan fingerprint density at radius 3 is 2.78 bits per heavy atom. The van der Waals surface area contributed by atoms with Gasteiger partial charge in [0.2, 0.25) is 0 Å². The van der Waals surface area contributed by atoms with Gasteiger partial charge in [-0.3, -0.25) is 0 Å². The van der Waals surface area contributed by atoms with Crippen molar-refractivity contribution in [3.63, 3.8) is 0 Å². The topological polar surface area (TPSA) is 48.5 Å². The zero-order valence-corrected chi connectivity index (χ0v) is 10.5. The highest BCUT2D eigenvalue weighted by Gasteiger charge is 2.19. The summed E-state index contributed by atoms with van der Waals surface area (Å²) in [6, 6.07) is 5.08. The molecule has 0 aliphatic carbocycles. The molecular formula is C13H13N3O2. The number of hydrogen-bond donors (Lipinski definition) is 0. The maximum atomic E-state index is 11.9. The second-order valence-corrected chi connectivity index (χ2v) is 4.89. The predicted molar refractivity (Wildman–Crippen MR) is 67.6 cm³/mol. The van der Waals surface area contributed by atoms with Crippen molar-refractivity contribution in [1.82, 2.24) is 9.78 Å². The first-order valence-electron chi connectivity index (χ1n) is 5.49. The quantitative estimate of drug-likeness (QED) is 0.666. The highest BCUT2D eigenvalue weighted by molar-refractivity contribution is 5.89. The van der Waals surface area contributed by atoms with Crippen LogP contribution in [-0.4, -0.2) is 21.5 Å². The Kier molecular flexibility index (Phi) is 2.79. The molecule has 2 rings (SSSR count). The van der Waals surface area contributed by atoms with Crippen LogP contribution in [0.15, 0.2) is 24.4 Å². The lowest BCUT2D eigenvalue weighted by molar-refractivity contribution is 0.0523. The first-order valence-corrected chi connectivity index (χ1v) is 5.49. The van der Waals surface area contributed by atoms with Crippen molar-refractivity contribution in [2.24, 2.45) is 0 Å². The molecule has 5 nitrogen and oxygen atoms in total. The molecule has 1 heterocycles. The van der Waals surface area contributed by atoms with E-state index in [1.165, 1.54) is 4.68 Å². The lowest BCUT2D eigenvalue weighted by Crippen LogP contribution is -2.27. The Balaban J connectivity index is 2.46. The van der Waals surface area contributed by atoms with Gasteiger partial charge in [0.1, 0.15) is 5.60 Å². The molecule has 1 aromatic carbocycles. The lowest BCUT2D eigenvalue weighted by Gasteiger charge is -2.19. The van der Waals surface area contributed by atoms with E-state index in [-0.39, 0.29) is 0 Å². The molecule has 0 atom stereocenters. The minimum absolute atomic E-state index is 0.466. The number of hydrogen-bond acceptors (Lipinski definition) is 3. The van der Waals surface area contributed by atoms with E-state index < -0.39 is 11.7 Å². The van der Waals surface area contributed by atoms with E-state index in [1.54, 1.807) is 45.2 Å². The van der Waals surface area contributed by atoms with Crippen molar-refractivity contribution in [3.05, 3.63) is 35.8 Å². The Hall–Kier alpha value is -2.35. The molecule has 0 N–H and O–H groups in total. The molecule has 0 fully saturated rings. The van der Waals surface area contributed by atoms with Gasteiger partial charge in [-0.2, -0.15) is 9.78 Å². The number of ether oxygens (including phenoxy) is 1. The largest absolute Gasteiger partial charge is 0.442 e. The van der Waals surface area contributed by atoms with Crippen molar-refractivity contribution >= 4 is 22.7 Å². The summed E-state index contributed by atoms with van der Waals surface area (Å²) in [4.78, 5) is 15.3. The average Bonchev–Trinajstić information content (AvgIpc) is 2.69. The maximum absolute atomic E-state index is 11.9. The van der Waals surface area contributed by atoms with Gasteiger partial charge in [0, 0.05) is 5.39 Å². The van der Waals surface area contributed by atoms with E-state index >= 15 is 0 Å². The Bertz CT molecular complexity index is 644. The van der Waals surface area contributed by atoms with Crippen LogP contribution in [-0.2, 0) is 4.74 Å². The lowest BCUT2D eigenvalue weighted by atomic mass is 10.2. The summed E-state index contributed by atoms with van der Waals surface area (Å²) in [5.41, 5.74) is 0.470. The van der Waals surface area contributed by atoms with Gasteiger partial charge in [-0.05, 0) is 26.8 Å². The minimum atomic E-state index is -0.577. The predicted octanol–water partition coefficient (Wildman–Crippen LogP) is 3.37. The van der Waals surface area contributed by atoms with Crippen LogP contribution in [0.1, 0.15) is 20.8 Å². The molecule has 0 radical (unpaired) electrons. The molecule has 0 bridgehead atoms. The van der Waals surface area contributed by atoms with E-state index in [9.17, 15) is 4.79 Å². The van der Waals surface area contributed by atoms with Crippen LogP contribution < -0.4 is 0 Å². The monoisotopic (exact) mass is 243 g/mol. The van der Waals surface area contributed by atoms with Crippen molar-refractivity contribution in [2.45, 2.75) is 26.4 Å². The van der Waals surface area contributed by atoms with Crippen LogP contribution in [0.3, 0.4) is 0 Å². The molecule has 0 aliphatic heterocycles.